The van der Waals surface area contributed by atoms with Gasteiger partial charge in [-0.3, -0.25) is 13.6 Å². The van der Waals surface area contributed by atoms with Gasteiger partial charge in [0.25, 0.3) is 0 Å². The van der Waals surface area contributed by atoms with Crippen molar-refractivity contribution in [1.82, 2.24) is 0 Å². The van der Waals surface area contributed by atoms with Crippen molar-refractivity contribution in [3.05, 3.63) is 57.6 Å². The standard InChI is InChI=1S/C48H83O6P/c1-14-15-16-17-18-19-20-21-22-23-24-25-26-27-28-29-30-52-55(51,53-35-37-31-39(45(2,3)4)43(49)40(32-37)46(5,6)7)54-36-38-33-41(47(8,9)10)44(50)42(34-38)48(11,12)13/h31-34,49-50H,14-30,35-36H2,1-13H3. The molecule has 55 heavy (non-hydrogen) atoms. The van der Waals surface area contributed by atoms with E-state index in [2.05, 4.69) is 90.0 Å². The molecule has 0 aliphatic heterocycles. The van der Waals surface area contributed by atoms with Gasteiger partial charge in [-0.1, -0.05) is 186 Å². The third-order valence-electron chi connectivity index (χ3n) is 10.6. The third-order valence-corrected chi connectivity index (χ3v) is 12.0. The van der Waals surface area contributed by atoms with Gasteiger partial charge in [0.2, 0.25) is 0 Å². The number of hydrogen-bond acceptors (Lipinski definition) is 6. The minimum absolute atomic E-state index is 0.0126. The second-order valence-electron chi connectivity index (χ2n) is 20.2. The Balaban J connectivity index is 2.09. The first-order chi connectivity index (χ1) is 25.5. The Morgan fingerprint density at radius 1 is 0.436 bits per heavy atom. The average molecular weight is 787 g/mol. The molecule has 0 spiro atoms. The molecule has 0 heterocycles. The molecule has 316 valence electrons. The summed E-state index contributed by atoms with van der Waals surface area (Å²) >= 11 is 0. The molecule has 0 aliphatic rings. The van der Waals surface area contributed by atoms with Crippen molar-refractivity contribution in [2.24, 2.45) is 0 Å². The van der Waals surface area contributed by atoms with E-state index in [-0.39, 0.29) is 41.5 Å². The maximum Gasteiger partial charge on any atom is 0.475 e. The number of phosphoric ester groups is 1. The highest BCUT2D eigenvalue weighted by atomic mass is 31.2. The van der Waals surface area contributed by atoms with Crippen molar-refractivity contribution < 1.29 is 28.3 Å². The Bertz CT molecular complexity index is 1310. The number of phenolic OH excluding ortho intramolecular Hbond substituents is 2. The molecular weight excluding hydrogens is 703 g/mol. The Morgan fingerprint density at radius 2 is 0.691 bits per heavy atom. The molecule has 0 amide bonds. The first kappa shape index (κ1) is 49.3. The zero-order valence-electron chi connectivity index (χ0n) is 37.7. The van der Waals surface area contributed by atoms with E-state index in [0.29, 0.717) is 11.5 Å². The van der Waals surface area contributed by atoms with Crippen LogP contribution in [0.15, 0.2) is 24.3 Å². The molecule has 2 rings (SSSR count). The van der Waals surface area contributed by atoms with E-state index < -0.39 is 7.82 Å². The van der Waals surface area contributed by atoms with E-state index in [4.69, 9.17) is 13.6 Å². The molecule has 0 radical (unpaired) electrons. The molecule has 0 aliphatic carbocycles. The largest absolute Gasteiger partial charge is 0.507 e. The van der Waals surface area contributed by atoms with Gasteiger partial charge in [-0.15, -0.1) is 0 Å². The van der Waals surface area contributed by atoms with Crippen molar-refractivity contribution in [3.63, 3.8) is 0 Å². The molecule has 0 saturated carbocycles. The molecule has 0 atom stereocenters. The molecule has 0 bridgehead atoms. The summed E-state index contributed by atoms with van der Waals surface area (Å²) in [6.07, 6.45) is 20.5. The first-order valence-electron chi connectivity index (χ1n) is 21.8. The van der Waals surface area contributed by atoms with E-state index in [1.54, 1.807) is 0 Å². The van der Waals surface area contributed by atoms with E-state index >= 15 is 0 Å². The van der Waals surface area contributed by atoms with Crippen LogP contribution in [0, 0.1) is 0 Å². The number of phosphoric acid groups is 1. The predicted octanol–water partition coefficient (Wildman–Crippen LogP) is 15.4. The maximum atomic E-state index is 14.4. The lowest BCUT2D eigenvalue weighted by molar-refractivity contribution is 0.101. The summed E-state index contributed by atoms with van der Waals surface area (Å²) in [5.41, 5.74) is 3.64. The first-order valence-corrected chi connectivity index (χ1v) is 23.2. The normalized spacial score (nSPS) is 13.2. The van der Waals surface area contributed by atoms with Crippen LogP contribution in [0.2, 0.25) is 0 Å². The van der Waals surface area contributed by atoms with Crippen LogP contribution in [0.5, 0.6) is 11.5 Å². The second kappa shape index (κ2) is 22.3. The Hall–Kier alpha value is -1.85. The van der Waals surface area contributed by atoms with Gasteiger partial charge >= 0.3 is 7.82 Å². The molecule has 0 fully saturated rings. The molecule has 7 heteroatoms. The lowest BCUT2D eigenvalue weighted by atomic mass is 9.78. The van der Waals surface area contributed by atoms with Gasteiger partial charge in [-0.05, 0) is 85.7 Å². The summed E-state index contributed by atoms with van der Waals surface area (Å²) in [6.45, 7) is 27.5. The summed E-state index contributed by atoms with van der Waals surface area (Å²) in [6, 6.07) is 7.76. The van der Waals surface area contributed by atoms with Crippen LogP contribution < -0.4 is 0 Å². The lowest BCUT2D eigenvalue weighted by Gasteiger charge is -2.29. The zero-order chi connectivity index (χ0) is 41.5. The Kier molecular flexibility index (Phi) is 20.0. The monoisotopic (exact) mass is 787 g/mol. The molecule has 0 saturated heterocycles. The fourth-order valence-electron chi connectivity index (χ4n) is 7.09. The summed E-state index contributed by atoms with van der Waals surface area (Å²) in [7, 11) is -4.01. The fraction of sp³-hybridized carbons (Fsp3) is 0.750. The van der Waals surface area contributed by atoms with Crippen molar-refractivity contribution in [2.45, 2.75) is 228 Å². The molecule has 0 unspecified atom stereocenters. The summed E-state index contributed by atoms with van der Waals surface area (Å²) < 4.78 is 32.7. The van der Waals surface area contributed by atoms with Crippen LogP contribution >= 0.6 is 7.82 Å². The highest BCUT2D eigenvalue weighted by Crippen LogP contribution is 2.52. The van der Waals surface area contributed by atoms with Crippen LogP contribution in [0.4, 0.5) is 0 Å². The quantitative estimate of drug-likeness (QED) is 0.0814. The van der Waals surface area contributed by atoms with E-state index in [1.807, 2.05) is 24.3 Å². The summed E-state index contributed by atoms with van der Waals surface area (Å²) in [5.74, 6) is 0.583. The van der Waals surface area contributed by atoms with Gasteiger partial charge in [0, 0.05) is 0 Å². The lowest BCUT2D eigenvalue weighted by Crippen LogP contribution is -2.18. The molecule has 6 nitrogen and oxygen atoms in total. The molecule has 0 aromatic heterocycles. The van der Waals surface area contributed by atoms with Gasteiger partial charge in [0.15, 0.2) is 0 Å². The topological polar surface area (TPSA) is 85.2 Å². The van der Waals surface area contributed by atoms with E-state index in [1.165, 1.54) is 83.5 Å². The van der Waals surface area contributed by atoms with Crippen LogP contribution in [0.3, 0.4) is 0 Å². The predicted molar refractivity (Wildman–Crippen MR) is 234 cm³/mol. The van der Waals surface area contributed by atoms with Crippen molar-refractivity contribution in [1.29, 1.82) is 0 Å². The highest BCUT2D eigenvalue weighted by molar-refractivity contribution is 7.48. The zero-order valence-corrected chi connectivity index (χ0v) is 38.6. The second-order valence-corrected chi connectivity index (χ2v) is 21.9. The minimum Gasteiger partial charge on any atom is -0.507 e. The van der Waals surface area contributed by atoms with Crippen molar-refractivity contribution in [3.8, 4) is 11.5 Å². The SMILES string of the molecule is CCCCCCCCCCCCCCCCCCOP(=O)(OCc1cc(C(C)(C)C)c(O)c(C(C)(C)C)c1)OCc1cc(C(C)(C)C)c(O)c(C(C)(C)C)c1. The van der Waals surface area contributed by atoms with Crippen LogP contribution in [-0.2, 0) is 53.0 Å². The van der Waals surface area contributed by atoms with Gasteiger partial charge in [0.05, 0.1) is 19.8 Å². The van der Waals surface area contributed by atoms with E-state index in [0.717, 1.165) is 52.6 Å². The minimum atomic E-state index is -4.01. The molecular formula is C48H83O6P. The number of unbranched alkanes of at least 4 members (excludes halogenated alkanes) is 15. The number of hydrogen-bond donors (Lipinski definition) is 2. The third kappa shape index (κ3) is 17.7. The summed E-state index contributed by atoms with van der Waals surface area (Å²) in [5, 5.41) is 22.5. The maximum absolute atomic E-state index is 14.4. The van der Waals surface area contributed by atoms with Crippen LogP contribution in [0.1, 0.15) is 226 Å². The number of aromatic hydroxyl groups is 2. The van der Waals surface area contributed by atoms with Crippen LogP contribution in [-0.4, -0.2) is 16.8 Å². The van der Waals surface area contributed by atoms with Gasteiger partial charge < -0.3 is 10.2 Å². The van der Waals surface area contributed by atoms with Crippen molar-refractivity contribution in [2.75, 3.05) is 6.61 Å². The van der Waals surface area contributed by atoms with E-state index in [9.17, 15) is 14.8 Å². The Labute approximate surface area is 338 Å². The number of phenols is 2. The van der Waals surface area contributed by atoms with Crippen LogP contribution in [0.25, 0.3) is 0 Å². The molecule has 2 aromatic rings. The molecule has 2 N–H and O–H groups in total. The summed E-state index contributed by atoms with van der Waals surface area (Å²) in [4.78, 5) is 0. The fourth-order valence-corrected chi connectivity index (χ4v) is 8.28. The average Bonchev–Trinajstić information content (AvgIpc) is 3.06. The number of rotatable bonds is 24. The highest BCUT2D eigenvalue weighted by Gasteiger charge is 2.32. The molecule has 2 aromatic carbocycles. The van der Waals surface area contributed by atoms with Gasteiger partial charge in [-0.2, -0.15) is 0 Å². The van der Waals surface area contributed by atoms with Crippen molar-refractivity contribution >= 4 is 7.82 Å². The van der Waals surface area contributed by atoms with Gasteiger partial charge in [-0.25, -0.2) is 4.57 Å². The number of benzene rings is 2. The smallest absolute Gasteiger partial charge is 0.475 e. The van der Waals surface area contributed by atoms with Gasteiger partial charge in [0.1, 0.15) is 11.5 Å². The Morgan fingerprint density at radius 3 is 0.945 bits per heavy atom.